The number of ether oxygens (including phenoxy) is 2. The van der Waals surface area contributed by atoms with E-state index in [9.17, 15) is 4.79 Å². The van der Waals surface area contributed by atoms with Crippen LogP contribution in [0, 0.1) is 13.8 Å². The van der Waals surface area contributed by atoms with Crippen molar-refractivity contribution in [1.82, 2.24) is 9.97 Å². The molecular formula is C18H22ClN3O3S. The minimum absolute atomic E-state index is 0.167. The molecule has 1 amide bonds. The number of nitrogens with zero attached hydrogens (tertiary/aromatic N) is 2. The van der Waals surface area contributed by atoms with Crippen LogP contribution >= 0.6 is 23.4 Å². The van der Waals surface area contributed by atoms with Gasteiger partial charge in [0.1, 0.15) is 11.5 Å². The topological polar surface area (TPSA) is 73.3 Å². The molecule has 0 fully saturated rings. The average Bonchev–Trinajstić information content (AvgIpc) is 2.59. The summed E-state index contributed by atoms with van der Waals surface area (Å²) in [5, 5.41) is 3.51. The van der Waals surface area contributed by atoms with E-state index in [-0.39, 0.29) is 11.2 Å². The predicted molar refractivity (Wildman–Crippen MR) is 105 cm³/mol. The third-order valence-electron chi connectivity index (χ3n) is 3.60. The van der Waals surface area contributed by atoms with Gasteiger partial charge in [-0.3, -0.25) is 4.79 Å². The summed E-state index contributed by atoms with van der Waals surface area (Å²) in [5.74, 6) is 0.786. The Morgan fingerprint density at radius 1 is 1.15 bits per heavy atom. The highest BCUT2D eigenvalue weighted by Gasteiger charge is 2.22. The van der Waals surface area contributed by atoms with Crippen LogP contribution in [0.25, 0.3) is 0 Å². The number of rotatable bonds is 7. The van der Waals surface area contributed by atoms with Gasteiger partial charge in [0.25, 0.3) is 0 Å². The number of aromatic nitrogens is 2. The number of anilines is 1. The van der Waals surface area contributed by atoms with Gasteiger partial charge in [-0.2, -0.15) is 0 Å². The summed E-state index contributed by atoms with van der Waals surface area (Å²) in [5.41, 5.74) is 2.24. The van der Waals surface area contributed by atoms with Gasteiger partial charge in [0.2, 0.25) is 5.91 Å². The third kappa shape index (κ3) is 5.02. The number of carbonyl (C=O) groups is 1. The first-order chi connectivity index (χ1) is 12.4. The second-order valence-electron chi connectivity index (χ2n) is 5.62. The molecule has 2 rings (SSSR count). The second-order valence-corrected chi connectivity index (χ2v) is 7.20. The van der Waals surface area contributed by atoms with Crippen LogP contribution in [0.4, 0.5) is 5.69 Å². The fourth-order valence-electron chi connectivity index (χ4n) is 2.37. The maximum atomic E-state index is 12.7. The Balaban J connectivity index is 2.20. The van der Waals surface area contributed by atoms with Gasteiger partial charge in [0, 0.05) is 17.5 Å². The first-order valence-electron chi connectivity index (χ1n) is 8.09. The van der Waals surface area contributed by atoms with Crippen molar-refractivity contribution in [2.24, 2.45) is 0 Å². The highest BCUT2D eigenvalue weighted by molar-refractivity contribution is 8.00. The molecule has 1 N–H and O–H groups in total. The Labute approximate surface area is 162 Å². The van der Waals surface area contributed by atoms with Crippen LogP contribution in [0.1, 0.15) is 24.7 Å². The highest BCUT2D eigenvalue weighted by Crippen LogP contribution is 2.36. The summed E-state index contributed by atoms with van der Waals surface area (Å²) in [7, 11) is 3.04. The number of hydrogen-bond acceptors (Lipinski definition) is 6. The molecule has 1 aromatic carbocycles. The van der Waals surface area contributed by atoms with Gasteiger partial charge in [-0.25, -0.2) is 9.97 Å². The van der Waals surface area contributed by atoms with Gasteiger partial charge in [0.05, 0.1) is 30.2 Å². The van der Waals surface area contributed by atoms with E-state index in [2.05, 4.69) is 15.3 Å². The normalized spacial score (nSPS) is 11.8. The van der Waals surface area contributed by atoms with Crippen LogP contribution in [0.5, 0.6) is 11.5 Å². The van der Waals surface area contributed by atoms with Gasteiger partial charge in [-0.05, 0) is 32.4 Å². The lowest BCUT2D eigenvalue weighted by molar-refractivity contribution is -0.115. The van der Waals surface area contributed by atoms with Crippen molar-refractivity contribution >= 4 is 35.0 Å². The van der Waals surface area contributed by atoms with E-state index in [1.807, 2.05) is 26.8 Å². The van der Waals surface area contributed by atoms with Crippen LogP contribution in [-0.4, -0.2) is 35.3 Å². The van der Waals surface area contributed by atoms with Crippen molar-refractivity contribution < 1.29 is 14.3 Å². The first kappa shape index (κ1) is 20.3. The number of nitrogens with one attached hydrogen (secondary N) is 1. The number of halogens is 1. The van der Waals surface area contributed by atoms with Crippen molar-refractivity contribution in [3.8, 4) is 11.5 Å². The zero-order chi connectivity index (χ0) is 19.3. The Kier molecular flexibility index (Phi) is 7.11. The van der Waals surface area contributed by atoms with Crippen LogP contribution in [0.3, 0.4) is 0 Å². The van der Waals surface area contributed by atoms with Crippen molar-refractivity contribution in [3.63, 3.8) is 0 Å². The van der Waals surface area contributed by atoms with Gasteiger partial charge in [0.15, 0.2) is 5.16 Å². The van der Waals surface area contributed by atoms with E-state index in [4.69, 9.17) is 21.1 Å². The molecule has 2 aromatic rings. The van der Waals surface area contributed by atoms with E-state index in [1.54, 1.807) is 12.1 Å². The molecule has 0 aliphatic carbocycles. The number of amides is 1. The number of methoxy groups -OCH3 is 2. The smallest absolute Gasteiger partial charge is 0.238 e. The minimum Gasteiger partial charge on any atom is -0.495 e. The average molecular weight is 396 g/mol. The molecule has 1 aromatic heterocycles. The molecule has 0 saturated carbocycles. The summed E-state index contributed by atoms with van der Waals surface area (Å²) in [6.45, 7) is 5.76. The lowest BCUT2D eigenvalue weighted by atomic mass is 10.2. The number of thioether (sulfide) groups is 1. The molecule has 1 atom stereocenters. The van der Waals surface area contributed by atoms with Crippen molar-refractivity contribution in [2.45, 2.75) is 37.6 Å². The molecule has 0 spiro atoms. The highest BCUT2D eigenvalue weighted by atomic mass is 35.5. The van der Waals surface area contributed by atoms with Crippen LogP contribution in [0.2, 0.25) is 5.02 Å². The Bertz CT molecular complexity index is 781. The van der Waals surface area contributed by atoms with Gasteiger partial charge < -0.3 is 14.8 Å². The number of aryl methyl sites for hydroxylation is 2. The number of hydrogen-bond donors (Lipinski definition) is 1. The van der Waals surface area contributed by atoms with Crippen LogP contribution in [-0.2, 0) is 4.79 Å². The van der Waals surface area contributed by atoms with E-state index in [0.717, 1.165) is 11.4 Å². The monoisotopic (exact) mass is 395 g/mol. The molecule has 0 radical (unpaired) electrons. The van der Waals surface area contributed by atoms with Crippen LogP contribution < -0.4 is 14.8 Å². The predicted octanol–water partition coefficient (Wildman–Crippen LogP) is 4.27. The molecule has 6 nitrogen and oxygen atoms in total. The summed E-state index contributed by atoms with van der Waals surface area (Å²) in [4.78, 5) is 21.5. The lowest BCUT2D eigenvalue weighted by Crippen LogP contribution is -2.25. The second kappa shape index (κ2) is 9.09. The summed E-state index contributed by atoms with van der Waals surface area (Å²) >= 11 is 7.50. The van der Waals surface area contributed by atoms with E-state index >= 15 is 0 Å². The SMILES string of the molecule is CCC(Sc1nc(C)cc(C)n1)C(=O)Nc1cc(Cl)c(OC)cc1OC. The molecule has 1 heterocycles. The lowest BCUT2D eigenvalue weighted by Gasteiger charge is -2.17. The fourth-order valence-corrected chi connectivity index (χ4v) is 3.59. The molecule has 1 unspecified atom stereocenters. The number of carbonyl (C=O) groups excluding carboxylic acids is 1. The molecule has 8 heteroatoms. The molecule has 0 bridgehead atoms. The Morgan fingerprint density at radius 3 is 2.31 bits per heavy atom. The molecule has 0 aliphatic rings. The standard InChI is InChI=1S/C18H22ClN3O3S/c1-6-16(26-18-20-10(2)7-11(3)21-18)17(23)22-13-8-12(19)14(24-4)9-15(13)25-5/h7-9,16H,6H2,1-5H3,(H,22,23). The first-order valence-corrected chi connectivity index (χ1v) is 9.35. The maximum absolute atomic E-state index is 12.7. The van der Waals surface area contributed by atoms with Crippen molar-refractivity contribution in [2.75, 3.05) is 19.5 Å². The molecular weight excluding hydrogens is 374 g/mol. The fraction of sp³-hybridized carbons (Fsp3) is 0.389. The molecule has 26 heavy (non-hydrogen) atoms. The molecule has 0 saturated heterocycles. The van der Waals surface area contributed by atoms with Crippen molar-refractivity contribution in [3.05, 3.63) is 34.6 Å². The molecule has 0 aliphatic heterocycles. The minimum atomic E-state index is -0.346. The zero-order valence-corrected chi connectivity index (χ0v) is 17.0. The van der Waals surface area contributed by atoms with E-state index in [0.29, 0.717) is 33.8 Å². The van der Waals surface area contributed by atoms with Crippen molar-refractivity contribution in [1.29, 1.82) is 0 Å². The third-order valence-corrected chi connectivity index (χ3v) is 5.13. The summed E-state index contributed by atoms with van der Waals surface area (Å²) in [6.07, 6.45) is 0.624. The van der Waals surface area contributed by atoms with E-state index in [1.165, 1.54) is 26.0 Å². The maximum Gasteiger partial charge on any atom is 0.238 e. The quantitative estimate of drug-likeness (QED) is 0.557. The summed E-state index contributed by atoms with van der Waals surface area (Å²) in [6, 6.07) is 5.15. The summed E-state index contributed by atoms with van der Waals surface area (Å²) < 4.78 is 10.5. The van der Waals surface area contributed by atoms with Gasteiger partial charge in [-0.1, -0.05) is 30.3 Å². The number of benzene rings is 1. The Hall–Kier alpha value is -1.99. The zero-order valence-electron chi connectivity index (χ0n) is 15.4. The van der Waals surface area contributed by atoms with Gasteiger partial charge in [-0.15, -0.1) is 0 Å². The van der Waals surface area contributed by atoms with E-state index < -0.39 is 0 Å². The van der Waals surface area contributed by atoms with Gasteiger partial charge >= 0.3 is 0 Å². The van der Waals surface area contributed by atoms with Crippen LogP contribution in [0.15, 0.2) is 23.4 Å². The molecule has 140 valence electrons. The Morgan fingerprint density at radius 2 is 1.77 bits per heavy atom. The largest absolute Gasteiger partial charge is 0.495 e.